The van der Waals surface area contributed by atoms with Gasteiger partial charge in [-0.3, -0.25) is 4.90 Å². The van der Waals surface area contributed by atoms with Gasteiger partial charge in [0, 0.05) is 12.1 Å². The Morgan fingerprint density at radius 3 is 2.20 bits per heavy atom. The van der Waals surface area contributed by atoms with Gasteiger partial charge in [0.05, 0.1) is 7.11 Å². The van der Waals surface area contributed by atoms with E-state index in [9.17, 15) is 9.90 Å². The van der Waals surface area contributed by atoms with Crippen LogP contribution in [0.2, 0.25) is 0 Å². The number of rotatable bonds is 5. The van der Waals surface area contributed by atoms with Crippen molar-refractivity contribution in [2.45, 2.75) is 45.3 Å². The zero-order valence-corrected chi connectivity index (χ0v) is 10.6. The molecule has 0 aliphatic rings. The van der Waals surface area contributed by atoms with Gasteiger partial charge in [-0.15, -0.1) is 0 Å². The van der Waals surface area contributed by atoms with Crippen molar-refractivity contribution in [3.05, 3.63) is 0 Å². The number of carbonyl (C=O) groups is 1. The van der Waals surface area contributed by atoms with Crippen LogP contribution in [0.5, 0.6) is 0 Å². The molecule has 1 N–H and O–H groups in total. The first-order valence-corrected chi connectivity index (χ1v) is 5.19. The Balaban J connectivity index is 4.53. The van der Waals surface area contributed by atoms with Gasteiger partial charge in [0.25, 0.3) is 0 Å². The predicted molar refractivity (Wildman–Crippen MR) is 59.6 cm³/mol. The van der Waals surface area contributed by atoms with Crippen molar-refractivity contribution in [3.8, 4) is 0 Å². The number of methoxy groups -OCH3 is 1. The lowest BCUT2D eigenvalue weighted by Gasteiger charge is -2.38. The third-order valence-corrected chi connectivity index (χ3v) is 3.07. The second-order valence-electron chi connectivity index (χ2n) is 4.79. The van der Waals surface area contributed by atoms with Gasteiger partial charge >= 0.3 is 5.97 Å². The van der Waals surface area contributed by atoms with Gasteiger partial charge in [-0.2, -0.15) is 0 Å². The standard InChI is InChI=1S/C11H23NO3/c1-7-10(2,3)12(5)8-11(4,14)9(13)15-6/h14H,7-8H2,1-6H3. The summed E-state index contributed by atoms with van der Waals surface area (Å²) < 4.78 is 4.55. The summed E-state index contributed by atoms with van der Waals surface area (Å²) in [5, 5.41) is 9.90. The van der Waals surface area contributed by atoms with E-state index in [1.165, 1.54) is 14.0 Å². The van der Waals surface area contributed by atoms with E-state index < -0.39 is 11.6 Å². The molecule has 0 rings (SSSR count). The molecular weight excluding hydrogens is 194 g/mol. The Labute approximate surface area is 92.2 Å². The highest BCUT2D eigenvalue weighted by Crippen LogP contribution is 2.19. The second kappa shape index (κ2) is 4.94. The lowest BCUT2D eigenvalue weighted by molar-refractivity contribution is -0.163. The van der Waals surface area contributed by atoms with E-state index >= 15 is 0 Å². The Bertz CT molecular complexity index is 224. The van der Waals surface area contributed by atoms with Crippen molar-refractivity contribution in [2.75, 3.05) is 20.7 Å². The molecule has 0 radical (unpaired) electrons. The number of β-amino-alcohol motifs (C(OH)–C–C–N with tert-alkyl or cyclic N) is 1. The monoisotopic (exact) mass is 217 g/mol. The SMILES string of the molecule is CCC(C)(C)N(C)CC(C)(O)C(=O)OC. The number of hydrogen-bond donors (Lipinski definition) is 1. The van der Waals surface area contributed by atoms with E-state index in [4.69, 9.17) is 0 Å². The molecule has 4 nitrogen and oxygen atoms in total. The molecule has 0 aliphatic heterocycles. The zero-order chi connectivity index (χ0) is 12.3. The third kappa shape index (κ3) is 3.80. The number of carbonyl (C=O) groups excluding carboxylic acids is 1. The van der Waals surface area contributed by atoms with Crippen LogP contribution >= 0.6 is 0 Å². The molecule has 0 aromatic heterocycles. The summed E-state index contributed by atoms with van der Waals surface area (Å²) in [4.78, 5) is 13.2. The van der Waals surface area contributed by atoms with Crippen LogP contribution in [0.4, 0.5) is 0 Å². The van der Waals surface area contributed by atoms with Crippen LogP contribution in [0.15, 0.2) is 0 Å². The molecule has 0 saturated heterocycles. The molecule has 0 spiro atoms. The molecule has 0 heterocycles. The molecule has 0 saturated carbocycles. The summed E-state index contributed by atoms with van der Waals surface area (Å²) in [5.74, 6) is -0.596. The molecule has 0 bridgehead atoms. The van der Waals surface area contributed by atoms with Crippen molar-refractivity contribution >= 4 is 5.97 Å². The van der Waals surface area contributed by atoms with Crippen molar-refractivity contribution in [1.82, 2.24) is 4.90 Å². The number of ether oxygens (including phenoxy) is 1. The average molecular weight is 217 g/mol. The first kappa shape index (κ1) is 14.4. The van der Waals surface area contributed by atoms with Gasteiger partial charge in [0.1, 0.15) is 0 Å². The summed E-state index contributed by atoms with van der Waals surface area (Å²) in [6, 6.07) is 0. The lowest BCUT2D eigenvalue weighted by atomic mass is 9.97. The van der Waals surface area contributed by atoms with Crippen LogP contribution in [-0.4, -0.2) is 47.8 Å². The van der Waals surface area contributed by atoms with Gasteiger partial charge in [-0.05, 0) is 34.2 Å². The molecule has 4 heteroatoms. The molecule has 1 atom stereocenters. The van der Waals surface area contributed by atoms with Crippen molar-refractivity contribution in [3.63, 3.8) is 0 Å². The Morgan fingerprint density at radius 1 is 1.40 bits per heavy atom. The smallest absolute Gasteiger partial charge is 0.338 e. The van der Waals surface area contributed by atoms with E-state index in [0.29, 0.717) is 0 Å². The van der Waals surface area contributed by atoms with E-state index in [1.54, 1.807) is 0 Å². The number of esters is 1. The molecular formula is C11H23NO3. The average Bonchev–Trinajstić information content (AvgIpc) is 2.15. The van der Waals surface area contributed by atoms with Crippen LogP contribution in [0, 0.1) is 0 Å². The minimum absolute atomic E-state index is 0.0436. The largest absolute Gasteiger partial charge is 0.467 e. The first-order valence-electron chi connectivity index (χ1n) is 5.19. The second-order valence-corrected chi connectivity index (χ2v) is 4.79. The van der Waals surface area contributed by atoms with Crippen molar-refractivity contribution in [1.29, 1.82) is 0 Å². The predicted octanol–water partition coefficient (Wildman–Crippen LogP) is 1.03. The summed E-state index contributed by atoms with van der Waals surface area (Å²) in [6.07, 6.45) is 0.945. The van der Waals surface area contributed by atoms with Gasteiger partial charge in [-0.1, -0.05) is 6.92 Å². The van der Waals surface area contributed by atoms with E-state index in [2.05, 4.69) is 25.5 Å². The maximum Gasteiger partial charge on any atom is 0.338 e. The zero-order valence-electron chi connectivity index (χ0n) is 10.6. The molecule has 0 amide bonds. The minimum atomic E-state index is -1.45. The number of aliphatic hydroxyl groups is 1. The van der Waals surface area contributed by atoms with Crippen LogP contribution in [0.1, 0.15) is 34.1 Å². The molecule has 1 unspecified atom stereocenters. The third-order valence-electron chi connectivity index (χ3n) is 3.07. The normalized spacial score (nSPS) is 16.3. The Morgan fingerprint density at radius 2 is 1.87 bits per heavy atom. The Kier molecular flexibility index (Phi) is 4.74. The maximum atomic E-state index is 11.3. The van der Waals surface area contributed by atoms with E-state index in [-0.39, 0.29) is 12.1 Å². The van der Waals surface area contributed by atoms with Gasteiger partial charge in [-0.25, -0.2) is 4.79 Å². The fourth-order valence-electron chi connectivity index (χ4n) is 1.23. The minimum Gasteiger partial charge on any atom is -0.467 e. The lowest BCUT2D eigenvalue weighted by Crippen LogP contribution is -2.52. The van der Waals surface area contributed by atoms with E-state index in [0.717, 1.165) is 6.42 Å². The molecule has 90 valence electrons. The van der Waals surface area contributed by atoms with Gasteiger partial charge < -0.3 is 9.84 Å². The quantitative estimate of drug-likeness (QED) is 0.699. The summed E-state index contributed by atoms with van der Waals surface area (Å²) in [5.41, 5.74) is -1.49. The highest BCUT2D eigenvalue weighted by atomic mass is 16.5. The molecule has 0 aromatic carbocycles. The van der Waals surface area contributed by atoms with E-state index in [1.807, 2.05) is 11.9 Å². The Hall–Kier alpha value is -0.610. The number of likely N-dealkylation sites (N-methyl/N-ethyl adjacent to an activating group) is 1. The summed E-state index contributed by atoms with van der Waals surface area (Å²) >= 11 is 0. The fourth-order valence-corrected chi connectivity index (χ4v) is 1.23. The maximum absolute atomic E-state index is 11.3. The van der Waals surface area contributed by atoms with Crippen LogP contribution < -0.4 is 0 Å². The molecule has 0 aliphatic carbocycles. The van der Waals surface area contributed by atoms with Gasteiger partial charge in [0.15, 0.2) is 5.60 Å². The molecule has 0 aromatic rings. The summed E-state index contributed by atoms with van der Waals surface area (Å²) in [7, 11) is 3.17. The molecule has 15 heavy (non-hydrogen) atoms. The summed E-state index contributed by atoms with van der Waals surface area (Å²) in [6.45, 7) is 7.95. The highest BCUT2D eigenvalue weighted by Gasteiger charge is 2.36. The molecule has 0 fully saturated rings. The van der Waals surface area contributed by atoms with Crippen LogP contribution in [-0.2, 0) is 9.53 Å². The number of hydrogen-bond acceptors (Lipinski definition) is 4. The topological polar surface area (TPSA) is 49.8 Å². The van der Waals surface area contributed by atoms with Crippen LogP contribution in [0.3, 0.4) is 0 Å². The number of nitrogens with zero attached hydrogens (tertiary/aromatic N) is 1. The fraction of sp³-hybridized carbons (Fsp3) is 0.909. The van der Waals surface area contributed by atoms with Crippen molar-refractivity contribution in [2.24, 2.45) is 0 Å². The highest BCUT2D eigenvalue weighted by molar-refractivity contribution is 5.78. The van der Waals surface area contributed by atoms with Crippen LogP contribution in [0.25, 0.3) is 0 Å². The first-order chi connectivity index (χ1) is 6.67. The van der Waals surface area contributed by atoms with Crippen molar-refractivity contribution < 1.29 is 14.6 Å². The van der Waals surface area contributed by atoms with Gasteiger partial charge in [0.2, 0.25) is 0 Å².